The summed E-state index contributed by atoms with van der Waals surface area (Å²) in [5.74, 6) is 2.86. The van der Waals surface area contributed by atoms with Crippen LogP contribution < -0.4 is 14.2 Å². The zero-order valence-electron chi connectivity index (χ0n) is 13.0. The highest BCUT2D eigenvalue weighted by Crippen LogP contribution is 2.35. The van der Waals surface area contributed by atoms with E-state index in [9.17, 15) is 0 Å². The summed E-state index contributed by atoms with van der Waals surface area (Å²) in [7, 11) is 0. The number of thiazole rings is 1. The van der Waals surface area contributed by atoms with Crippen LogP contribution in [0.3, 0.4) is 0 Å². The Morgan fingerprint density at radius 3 is 3.04 bits per heavy atom. The maximum Gasteiger partial charge on any atom is 0.231 e. The molecule has 0 aliphatic carbocycles. The summed E-state index contributed by atoms with van der Waals surface area (Å²) in [6.07, 6.45) is 5.60. The molecule has 0 radical (unpaired) electrons. The van der Waals surface area contributed by atoms with Gasteiger partial charge in [0.05, 0.1) is 4.88 Å². The van der Waals surface area contributed by atoms with Gasteiger partial charge < -0.3 is 14.2 Å². The molecule has 0 N–H and O–H groups in total. The first kappa shape index (κ1) is 14.2. The number of hydrogen-bond acceptors (Lipinski definition) is 7. The van der Waals surface area contributed by atoms with E-state index in [2.05, 4.69) is 15.2 Å². The van der Waals surface area contributed by atoms with Gasteiger partial charge in [0.1, 0.15) is 12.4 Å². The van der Waals surface area contributed by atoms with Crippen molar-refractivity contribution in [1.29, 1.82) is 0 Å². The number of fused-ring (bicyclic) bond motifs is 2. The average molecular weight is 352 g/mol. The molecule has 0 unspecified atom stereocenters. The van der Waals surface area contributed by atoms with Gasteiger partial charge in [-0.15, -0.1) is 10.2 Å². The van der Waals surface area contributed by atoms with Gasteiger partial charge in [0.25, 0.3) is 0 Å². The first-order chi connectivity index (χ1) is 12.4. The van der Waals surface area contributed by atoms with Crippen molar-refractivity contribution in [3.63, 3.8) is 0 Å². The molecule has 0 atom stereocenters. The van der Waals surface area contributed by atoms with Crippen molar-refractivity contribution in [1.82, 2.24) is 19.6 Å². The molecule has 5 rings (SSSR count). The van der Waals surface area contributed by atoms with Gasteiger partial charge in [0.2, 0.25) is 11.8 Å². The maximum absolute atomic E-state index is 5.83. The van der Waals surface area contributed by atoms with Gasteiger partial charge in [-0.1, -0.05) is 17.4 Å². The van der Waals surface area contributed by atoms with Crippen molar-refractivity contribution < 1.29 is 14.2 Å². The molecule has 0 amide bonds. The van der Waals surface area contributed by atoms with E-state index in [0.29, 0.717) is 18.1 Å². The lowest BCUT2D eigenvalue weighted by Gasteiger charge is -2.05. The predicted molar refractivity (Wildman–Crippen MR) is 91.0 cm³/mol. The Hall–Kier alpha value is -3.13. The molecule has 4 aromatic rings. The summed E-state index contributed by atoms with van der Waals surface area (Å²) in [6.45, 7) is 0.555. The van der Waals surface area contributed by atoms with Crippen molar-refractivity contribution in [2.75, 3.05) is 6.79 Å². The highest BCUT2D eigenvalue weighted by molar-refractivity contribution is 7.20. The van der Waals surface area contributed by atoms with E-state index in [1.54, 1.807) is 17.5 Å². The monoisotopic (exact) mass is 352 g/mol. The van der Waals surface area contributed by atoms with E-state index >= 15 is 0 Å². The van der Waals surface area contributed by atoms with Crippen LogP contribution in [0.4, 0.5) is 0 Å². The lowest BCUT2D eigenvalue weighted by molar-refractivity contribution is 0.173. The molecule has 0 fully saturated rings. The topological polar surface area (TPSA) is 70.8 Å². The Kier molecular flexibility index (Phi) is 3.27. The van der Waals surface area contributed by atoms with E-state index in [0.717, 1.165) is 27.0 Å². The van der Waals surface area contributed by atoms with Crippen LogP contribution in [-0.4, -0.2) is 26.4 Å². The zero-order chi connectivity index (χ0) is 16.6. The van der Waals surface area contributed by atoms with Gasteiger partial charge in [-0.3, -0.25) is 9.38 Å². The van der Waals surface area contributed by atoms with E-state index in [-0.39, 0.29) is 6.79 Å². The van der Waals surface area contributed by atoms with E-state index in [1.807, 2.05) is 47.1 Å². The van der Waals surface area contributed by atoms with Crippen LogP contribution >= 0.6 is 11.3 Å². The third-order valence-corrected chi connectivity index (χ3v) is 4.86. The van der Waals surface area contributed by atoms with Crippen molar-refractivity contribution in [2.24, 2.45) is 0 Å². The molecule has 25 heavy (non-hydrogen) atoms. The van der Waals surface area contributed by atoms with Crippen LogP contribution in [0.15, 0.2) is 48.9 Å². The molecule has 124 valence electrons. The predicted octanol–water partition coefficient (Wildman–Crippen LogP) is 3.16. The molecule has 0 spiro atoms. The molecule has 0 saturated carbocycles. The van der Waals surface area contributed by atoms with Crippen molar-refractivity contribution in [2.45, 2.75) is 6.61 Å². The van der Waals surface area contributed by atoms with Crippen molar-refractivity contribution >= 4 is 16.3 Å². The van der Waals surface area contributed by atoms with Gasteiger partial charge in [-0.05, 0) is 18.2 Å². The first-order valence-electron chi connectivity index (χ1n) is 7.63. The smallest absolute Gasteiger partial charge is 0.231 e. The minimum Gasteiger partial charge on any atom is -0.485 e. The van der Waals surface area contributed by atoms with Gasteiger partial charge in [0.15, 0.2) is 17.3 Å². The van der Waals surface area contributed by atoms with Crippen LogP contribution in [0, 0.1) is 0 Å². The fraction of sp³-hybridized carbons (Fsp3) is 0.118. The average Bonchev–Trinajstić information content (AvgIpc) is 3.36. The molecule has 0 bridgehead atoms. The Bertz CT molecular complexity index is 1040. The Labute approximate surface area is 146 Å². The normalized spacial score (nSPS) is 12.6. The second-order valence-corrected chi connectivity index (χ2v) is 6.42. The molecule has 3 aromatic heterocycles. The van der Waals surface area contributed by atoms with Gasteiger partial charge in [0, 0.05) is 30.2 Å². The number of hydrogen-bond donors (Lipinski definition) is 0. The summed E-state index contributed by atoms with van der Waals surface area (Å²) in [4.78, 5) is 6.06. The number of benzene rings is 1. The minimum atomic E-state index is 0.246. The lowest BCUT2D eigenvalue weighted by Crippen LogP contribution is -2.00. The van der Waals surface area contributed by atoms with Gasteiger partial charge >= 0.3 is 0 Å². The number of nitrogens with zero attached hydrogens (tertiary/aromatic N) is 4. The lowest BCUT2D eigenvalue weighted by atomic mass is 10.2. The van der Waals surface area contributed by atoms with Crippen LogP contribution in [-0.2, 0) is 6.61 Å². The molecule has 1 aromatic carbocycles. The highest BCUT2D eigenvalue weighted by Gasteiger charge is 2.15. The van der Waals surface area contributed by atoms with E-state index in [1.165, 1.54) is 0 Å². The molecular weight excluding hydrogens is 340 g/mol. The van der Waals surface area contributed by atoms with E-state index < -0.39 is 0 Å². The summed E-state index contributed by atoms with van der Waals surface area (Å²) in [5.41, 5.74) is 1.06. The van der Waals surface area contributed by atoms with Gasteiger partial charge in [-0.25, -0.2) is 0 Å². The summed E-state index contributed by atoms with van der Waals surface area (Å²) in [5, 5.41) is 8.43. The number of ether oxygens (including phenoxy) is 3. The number of aromatic nitrogens is 4. The van der Waals surface area contributed by atoms with Crippen molar-refractivity contribution in [3.05, 3.63) is 54.7 Å². The van der Waals surface area contributed by atoms with Crippen molar-refractivity contribution in [3.8, 4) is 27.7 Å². The quantitative estimate of drug-likeness (QED) is 0.562. The number of rotatable bonds is 4. The highest BCUT2D eigenvalue weighted by atomic mass is 32.1. The molecule has 7 nitrogen and oxygen atoms in total. The number of pyridine rings is 1. The Morgan fingerprint density at radius 1 is 1.16 bits per heavy atom. The van der Waals surface area contributed by atoms with Crippen LogP contribution in [0.25, 0.3) is 15.4 Å². The summed E-state index contributed by atoms with van der Waals surface area (Å²) in [6, 6.07) is 9.44. The van der Waals surface area contributed by atoms with Gasteiger partial charge in [-0.2, -0.15) is 0 Å². The third kappa shape index (κ3) is 2.56. The largest absolute Gasteiger partial charge is 0.485 e. The van der Waals surface area contributed by atoms with Crippen LogP contribution in [0.5, 0.6) is 17.2 Å². The second-order valence-electron chi connectivity index (χ2n) is 5.41. The first-order valence-corrected chi connectivity index (χ1v) is 8.45. The molecular formula is C17H12N4O3S. The Balaban J connectivity index is 1.39. The van der Waals surface area contributed by atoms with Crippen LogP contribution in [0.1, 0.15) is 5.82 Å². The van der Waals surface area contributed by atoms with E-state index in [4.69, 9.17) is 14.2 Å². The minimum absolute atomic E-state index is 0.246. The standard InChI is InChI=1S/C17H12N4O3S/c1-2-11(7-18-5-1)15-8-21-16(19-20-17(21)25-15)9-22-12-3-4-13-14(6-12)24-10-23-13/h1-8H,9-10H2. The SMILES string of the molecule is c1cncc(-c2cn3c(COc4ccc5c(c4)OCO5)nnc3s2)c1. The zero-order valence-corrected chi connectivity index (χ0v) is 13.8. The Morgan fingerprint density at radius 2 is 2.12 bits per heavy atom. The fourth-order valence-electron chi connectivity index (χ4n) is 2.60. The maximum atomic E-state index is 5.83. The fourth-order valence-corrected chi connectivity index (χ4v) is 3.53. The van der Waals surface area contributed by atoms with Crippen LogP contribution in [0.2, 0.25) is 0 Å². The third-order valence-electron chi connectivity index (χ3n) is 3.84. The summed E-state index contributed by atoms with van der Waals surface area (Å²) < 4.78 is 18.4. The summed E-state index contributed by atoms with van der Waals surface area (Å²) >= 11 is 1.57. The molecule has 4 heterocycles. The molecule has 1 aliphatic heterocycles. The molecule has 1 aliphatic rings. The molecule has 0 saturated heterocycles. The molecule has 8 heteroatoms. The second kappa shape index (κ2) is 5.75.